The van der Waals surface area contributed by atoms with E-state index in [1.807, 2.05) is 18.2 Å². The van der Waals surface area contributed by atoms with Crippen molar-refractivity contribution in [1.82, 2.24) is 9.29 Å². The molecule has 0 bridgehead atoms. The van der Waals surface area contributed by atoms with Crippen LogP contribution < -0.4 is 4.90 Å². The molecule has 0 N–H and O–H groups in total. The molecule has 1 aromatic heterocycles. The molecule has 0 aliphatic carbocycles. The van der Waals surface area contributed by atoms with E-state index >= 15 is 0 Å². The van der Waals surface area contributed by atoms with E-state index in [0.29, 0.717) is 23.8 Å². The van der Waals surface area contributed by atoms with Gasteiger partial charge in [-0.1, -0.05) is 27.3 Å². The highest BCUT2D eigenvalue weighted by Crippen LogP contribution is 2.32. The van der Waals surface area contributed by atoms with Gasteiger partial charge in [0.1, 0.15) is 0 Å². The van der Waals surface area contributed by atoms with Crippen LogP contribution in [0.4, 0.5) is 5.13 Å². The Morgan fingerprint density at radius 1 is 1.14 bits per heavy atom. The number of rotatable bonds is 12. The van der Waals surface area contributed by atoms with Crippen LogP contribution in [-0.2, 0) is 24.2 Å². The monoisotopic (exact) mass is 611 g/mol. The van der Waals surface area contributed by atoms with E-state index in [9.17, 15) is 13.2 Å². The fourth-order valence-corrected chi connectivity index (χ4v) is 6.99. The lowest BCUT2D eigenvalue weighted by atomic mass is 10.2. The van der Waals surface area contributed by atoms with Gasteiger partial charge in [0, 0.05) is 44.0 Å². The standard InChI is InChI=1S/C25H30BrN3O6S2/c1-33-14-11-28(12-15-34-2)37(31,32)21-8-5-18(6-9-21)24(30)29(17-20-4-3-13-35-20)25-27-22-10-7-19(26)16-23(22)36-25/h5-10,16,20H,3-4,11-15,17H2,1-2H3. The van der Waals surface area contributed by atoms with Crippen LogP contribution in [-0.4, -0.2) is 83.4 Å². The van der Waals surface area contributed by atoms with Crippen LogP contribution >= 0.6 is 27.3 Å². The molecule has 1 saturated heterocycles. The SMILES string of the molecule is COCCN(CCOC)S(=O)(=O)c1ccc(C(=O)N(CC2CCCO2)c2nc3ccc(Br)cc3s2)cc1. The van der Waals surface area contributed by atoms with Gasteiger partial charge < -0.3 is 14.2 Å². The van der Waals surface area contributed by atoms with Gasteiger partial charge in [-0.2, -0.15) is 4.31 Å². The maximum atomic E-state index is 13.7. The van der Waals surface area contributed by atoms with E-state index in [4.69, 9.17) is 19.2 Å². The number of sulfonamides is 1. The summed E-state index contributed by atoms with van der Waals surface area (Å²) < 4.78 is 45.6. The van der Waals surface area contributed by atoms with Crippen molar-refractivity contribution >= 4 is 58.5 Å². The first-order valence-corrected chi connectivity index (χ1v) is 15.0. The number of hydrogen-bond donors (Lipinski definition) is 0. The third kappa shape index (κ3) is 6.75. The van der Waals surface area contributed by atoms with Crippen molar-refractivity contribution in [2.45, 2.75) is 23.8 Å². The molecule has 3 aromatic rings. The quantitative estimate of drug-likeness (QED) is 0.303. The first-order valence-electron chi connectivity index (χ1n) is 11.9. The molecule has 1 aliphatic heterocycles. The van der Waals surface area contributed by atoms with Gasteiger partial charge in [0.25, 0.3) is 5.91 Å². The number of amides is 1. The third-order valence-corrected chi connectivity index (χ3v) is 9.50. The van der Waals surface area contributed by atoms with Crippen LogP contribution in [0.5, 0.6) is 0 Å². The first kappa shape index (κ1) is 28.1. The number of methoxy groups -OCH3 is 2. The van der Waals surface area contributed by atoms with Crippen LogP contribution in [0.3, 0.4) is 0 Å². The Morgan fingerprint density at radius 3 is 2.46 bits per heavy atom. The molecule has 200 valence electrons. The number of hydrogen-bond acceptors (Lipinski definition) is 8. The highest BCUT2D eigenvalue weighted by molar-refractivity contribution is 9.10. The molecule has 37 heavy (non-hydrogen) atoms. The smallest absolute Gasteiger partial charge is 0.260 e. The fourth-order valence-electron chi connectivity index (χ4n) is 4.05. The van der Waals surface area contributed by atoms with E-state index in [2.05, 4.69) is 15.9 Å². The number of aromatic nitrogens is 1. The first-order chi connectivity index (χ1) is 17.8. The fraction of sp³-hybridized carbons (Fsp3) is 0.440. The lowest BCUT2D eigenvalue weighted by molar-refractivity contribution is 0.0917. The lowest BCUT2D eigenvalue weighted by Crippen LogP contribution is -2.38. The second kappa shape index (κ2) is 12.7. The summed E-state index contributed by atoms with van der Waals surface area (Å²) in [5, 5.41) is 0.579. The summed E-state index contributed by atoms with van der Waals surface area (Å²) in [6.07, 6.45) is 1.75. The molecule has 2 aromatic carbocycles. The molecule has 0 saturated carbocycles. The van der Waals surface area contributed by atoms with Crippen LogP contribution in [0, 0.1) is 0 Å². The van der Waals surface area contributed by atoms with E-state index in [1.165, 1.54) is 42.0 Å². The van der Waals surface area contributed by atoms with Gasteiger partial charge in [0.15, 0.2) is 5.13 Å². The molecule has 12 heteroatoms. The minimum Gasteiger partial charge on any atom is -0.383 e. The Bertz CT molecular complexity index is 1300. The zero-order valence-corrected chi connectivity index (χ0v) is 24.0. The Morgan fingerprint density at radius 2 is 1.84 bits per heavy atom. The van der Waals surface area contributed by atoms with Crippen molar-refractivity contribution < 1.29 is 27.4 Å². The molecule has 9 nitrogen and oxygen atoms in total. The maximum absolute atomic E-state index is 13.7. The molecule has 1 unspecified atom stereocenters. The number of carbonyl (C=O) groups excluding carboxylic acids is 1. The van der Waals surface area contributed by atoms with Gasteiger partial charge in [-0.15, -0.1) is 0 Å². The molecule has 0 spiro atoms. The number of nitrogens with zero attached hydrogens (tertiary/aromatic N) is 3. The predicted molar refractivity (Wildman–Crippen MR) is 147 cm³/mol. The molecule has 2 heterocycles. The third-order valence-electron chi connectivity index (χ3n) is 6.05. The van der Waals surface area contributed by atoms with Gasteiger partial charge in [0.2, 0.25) is 10.0 Å². The van der Waals surface area contributed by atoms with Gasteiger partial charge >= 0.3 is 0 Å². The Kier molecular flexibility index (Phi) is 9.67. The predicted octanol–water partition coefficient (Wildman–Crippen LogP) is 4.17. The highest BCUT2D eigenvalue weighted by Gasteiger charge is 2.28. The molecule has 1 aliphatic rings. The lowest BCUT2D eigenvalue weighted by Gasteiger charge is -2.24. The Hall–Kier alpha value is -1.93. The van der Waals surface area contributed by atoms with E-state index in [1.54, 1.807) is 17.0 Å². The van der Waals surface area contributed by atoms with Crippen molar-refractivity contribution in [3.8, 4) is 0 Å². The van der Waals surface area contributed by atoms with Crippen molar-refractivity contribution in [1.29, 1.82) is 0 Å². The number of carbonyl (C=O) groups is 1. The Balaban J connectivity index is 1.60. The molecule has 4 rings (SSSR count). The van der Waals surface area contributed by atoms with Gasteiger partial charge in [-0.25, -0.2) is 13.4 Å². The number of halogens is 1. The largest absolute Gasteiger partial charge is 0.383 e. The van der Waals surface area contributed by atoms with Crippen molar-refractivity contribution in [2.75, 3.05) is 58.6 Å². The second-order valence-electron chi connectivity index (χ2n) is 8.57. The highest BCUT2D eigenvalue weighted by atomic mass is 79.9. The average Bonchev–Trinajstić information content (AvgIpc) is 3.56. The maximum Gasteiger partial charge on any atom is 0.260 e. The molecular formula is C25H30BrN3O6S2. The van der Waals surface area contributed by atoms with Crippen LogP contribution in [0.1, 0.15) is 23.2 Å². The number of anilines is 1. The summed E-state index contributed by atoms with van der Waals surface area (Å²) in [5.41, 5.74) is 1.18. The molecular weight excluding hydrogens is 582 g/mol. The van der Waals surface area contributed by atoms with Gasteiger partial charge in [-0.3, -0.25) is 9.69 Å². The number of thiazole rings is 1. The van der Waals surface area contributed by atoms with Crippen LogP contribution in [0.2, 0.25) is 0 Å². The van der Waals surface area contributed by atoms with Gasteiger partial charge in [0.05, 0.1) is 41.0 Å². The van der Waals surface area contributed by atoms with Gasteiger partial charge in [-0.05, 0) is 55.3 Å². The van der Waals surface area contributed by atoms with E-state index < -0.39 is 10.0 Å². The molecule has 1 atom stereocenters. The van der Waals surface area contributed by atoms with Crippen molar-refractivity contribution in [3.63, 3.8) is 0 Å². The van der Waals surface area contributed by atoms with Crippen LogP contribution in [0.15, 0.2) is 51.8 Å². The molecule has 1 amide bonds. The van der Waals surface area contributed by atoms with Crippen molar-refractivity contribution in [3.05, 3.63) is 52.5 Å². The van der Waals surface area contributed by atoms with E-state index in [0.717, 1.165) is 27.5 Å². The summed E-state index contributed by atoms with van der Waals surface area (Å²) in [4.78, 5) is 20.1. The summed E-state index contributed by atoms with van der Waals surface area (Å²) in [6, 6.07) is 11.8. The number of fused-ring (bicyclic) bond motifs is 1. The topological polar surface area (TPSA) is 98.3 Å². The second-order valence-corrected chi connectivity index (χ2v) is 12.4. The minimum absolute atomic E-state index is 0.0718. The zero-order chi connectivity index (χ0) is 26.4. The Labute approximate surface area is 229 Å². The zero-order valence-electron chi connectivity index (χ0n) is 20.8. The number of benzene rings is 2. The normalized spacial score (nSPS) is 16.1. The summed E-state index contributed by atoms with van der Waals surface area (Å²) in [6.45, 7) is 1.97. The summed E-state index contributed by atoms with van der Waals surface area (Å²) in [5.74, 6) is -0.256. The number of ether oxygens (including phenoxy) is 3. The minimum atomic E-state index is -3.79. The summed E-state index contributed by atoms with van der Waals surface area (Å²) >= 11 is 4.92. The average molecular weight is 613 g/mol. The van der Waals surface area contributed by atoms with Crippen LogP contribution in [0.25, 0.3) is 10.2 Å². The van der Waals surface area contributed by atoms with Crippen molar-refractivity contribution in [2.24, 2.45) is 0 Å². The summed E-state index contributed by atoms with van der Waals surface area (Å²) in [7, 11) is -0.743. The molecule has 1 fully saturated rings. The van der Waals surface area contributed by atoms with E-state index in [-0.39, 0.29) is 43.2 Å². The molecule has 0 radical (unpaired) electrons.